The van der Waals surface area contributed by atoms with Crippen molar-refractivity contribution in [3.63, 3.8) is 0 Å². The number of fused-ring (bicyclic) bond motifs is 5. The summed E-state index contributed by atoms with van der Waals surface area (Å²) in [5.74, 6) is 2.85. The lowest BCUT2D eigenvalue weighted by molar-refractivity contribution is -0.134. The van der Waals surface area contributed by atoms with Gasteiger partial charge >= 0.3 is 5.97 Å². The number of benzene rings is 1. The molecule has 1 amide bonds. The van der Waals surface area contributed by atoms with Gasteiger partial charge < -0.3 is 14.9 Å². The fraction of sp³-hybridized carbons (Fsp3) is 0.667. The maximum absolute atomic E-state index is 13.0. The summed E-state index contributed by atoms with van der Waals surface area (Å²) in [5, 5.41) is 8.26. The lowest BCUT2D eigenvalue weighted by Gasteiger charge is -2.50. The highest BCUT2D eigenvalue weighted by molar-refractivity contribution is 7.15. The Hall–Kier alpha value is -2.74. The number of nitrogens with one attached hydrogen (secondary N) is 1. The van der Waals surface area contributed by atoms with Crippen LogP contribution in [0.4, 0.5) is 5.13 Å². The van der Waals surface area contributed by atoms with E-state index < -0.39 is 0 Å². The molecule has 0 bridgehead atoms. The molecule has 5 atom stereocenters. The number of hydrogen-bond donors (Lipinski definition) is 1. The number of aromatic nitrogens is 1. The van der Waals surface area contributed by atoms with E-state index in [0.29, 0.717) is 47.6 Å². The van der Waals surface area contributed by atoms with Crippen LogP contribution in [0.15, 0.2) is 23.5 Å². The van der Waals surface area contributed by atoms with Crippen LogP contribution in [0.3, 0.4) is 0 Å². The van der Waals surface area contributed by atoms with Gasteiger partial charge in [-0.1, -0.05) is 52.8 Å². The van der Waals surface area contributed by atoms with E-state index in [0.717, 1.165) is 66.8 Å². The van der Waals surface area contributed by atoms with Crippen molar-refractivity contribution < 1.29 is 19.2 Å². The summed E-state index contributed by atoms with van der Waals surface area (Å²) in [5.41, 5.74) is 4.85. The fourth-order valence-electron chi connectivity index (χ4n) is 8.36. The number of oxime groups is 1. The van der Waals surface area contributed by atoms with E-state index in [1.54, 1.807) is 13.3 Å². The highest BCUT2D eigenvalue weighted by Gasteiger charge is 2.57. The summed E-state index contributed by atoms with van der Waals surface area (Å²) in [6.07, 6.45) is 9.47. The Morgan fingerprint density at radius 3 is 2.64 bits per heavy atom. The van der Waals surface area contributed by atoms with E-state index >= 15 is 0 Å². The molecular weight excluding hydrogens is 570 g/mol. The predicted octanol–water partition coefficient (Wildman–Crippen LogP) is 8.59. The van der Waals surface area contributed by atoms with E-state index in [2.05, 4.69) is 69.1 Å². The Balaban J connectivity index is 1.41. The predicted molar refractivity (Wildman–Crippen MR) is 177 cm³/mol. The second-order valence-electron chi connectivity index (χ2n) is 15.0. The molecule has 2 saturated carbocycles. The zero-order valence-corrected chi connectivity index (χ0v) is 28.7. The molecule has 240 valence electrons. The van der Waals surface area contributed by atoms with Crippen molar-refractivity contribution in [1.82, 2.24) is 4.98 Å². The van der Waals surface area contributed by atoms with Crippen molar-refractivity contribution in [2.75, 3.05) is 12.4 Å². The van der Waals surface area contributed by atoms with Gasteiger partial charge in [-0.2, -0.15) is 0 Å². The zero-order valence-electron chi connectivity index (χ0n) is 27.9. The lowest BCUT2D eigenvalue weighted by atomic mass is 9.53. The molecule has 1 N–H and O–H groups in total. The van der Waals surface area contributed by atoms with Crippen molar-refractivity contribution >= 4 is 34.1 Å². The Morgan fingerprint density at radius 2 is 1.98 bits per heavy atom. The van der Waals surface area contributed by atoms with Crippen LogP contribution in [-0.2, 0) is 26.3 Å². The van der Waals surface area contributed by atoms with Gasteiger partial charge in [0.05, 0.1) is 5.71 Å². The molecule has 0 aliphatic heterocycles. The first-order valence-corrected chi connectivity index (χ1v) is 17.3. The lowest BCUT2D eigenvalue weighted by Crippen LogP contribution is -2.44. The minimum atomic E-state index is -0.156. The van der Waals surface area contributed by atoms with Crippen LogP contribution in [0, 0.1) is 36.0 Å². The van der Waals surface area contributed by atoms with Gasteiger partial charge in [-0.05, 0) is 104 Å². The summed E-state index contributed by atoms with van der Waals surface area (Å²) >= 11 is 1.51. The standard InChI is InChI=1S/C36H51N3O4S/c1-21(2)9-14-32(41)43-29-17-23-10-12-26-25(27(23)19-28(29)35(4,5)6)15-16-36(7)30(39-42-8)18-24(33(26)36)11-13-31(40)38-34-37-20-22(3)44-34/h17,19-21,24-26,33H,9-16,18H2,1-8H3,(H,37,38,40)/b39-30+/t24-,25?,26?,33?,36-/m1/s1. The van der Waals surface area contributed by atoms with E-state index in [-0.39, 0.29) is 22.7 Å². The Kier molecular flexibility index (Phi) is 9.60. The van der Waals surface area contributed by atoms with E-state index in [1.165, 1.54) is 22.5 Å². The summed E-state index contributed by atoms with van der Waals surface area (Å²) in [4.78, 5) is 36.5. The van der Waals surface area contributed by atoms with Crippen molar-refractivity contribution in [1.29, 1.82) is 0 Å². The zero-order chi connectivity index (χ0) is 31.8. The molecule has 0 radical (unpaired) electrons. The number of aryl methyl sites for hydroxylation is 2. The molecule has 3 aliphatic carbocycles. The highest BCUT2D eigenvalue weighted by Crippen LogP contribution is 2.63. The Bertz CT molecular complexity index is 1410. The van der Waals surface area contributed by atoms with E-state index in [1.807, 2.05) is 6.92 Å². The molecule has 0 spiro atoms. The quantitative estimate of drug-likeness (QED) is 0.172. The molecule has 44 heavy (non-hydrogen) atoms. The third-order valence-electron chi connectivity index (χ3n) is 10.5. The smallest absolute Gasteiger partial charge is 0.311 e. The number of thiazole rings is 1. The van der Waals surface area contributed by atoms with Crippen LogP contribution < -0.4 is 10.1 Å². The molecule has 2 fully saturated rings. The number of nitrogens with zero attached hydrogens (tertiary/aromatic N) is 2. The van der Waals surface area contributed by atoms with Crippen LogP contribution >= 0.6 is 11.3 Å². The first-order chi connectivity index (χ1) is 20.8. The van der Waals surface area contributed by atoms with E-state index in [4.69, 9.17) is 9.57 Å². The average Bonchev–Trinajstić information content (AvgIpc) is 3.49. The third-order valence-corrected chi connectivity index (χ3v) is 11.3. The first kappa shape index (κ1) is 32.6. The Morgan fingerprint density at radius 1 is 1.20 bits per heavy atom. The summed E-state index contributed by atoms with van der Waals surface area (Å²) in [6.45, 7) is 15.3. The average molecular weight is 622 g/mol. The van der Waals surface area contributed by atoms with Gasteiger partial charge in [-0.3, -0.25) is 9.59 Å². The molecule has 3 aliphatic rings. The van der Waals surface area contributed by atoms with Crippen molar-refractivity contribution in [2.24, 2.45) is 34.2 Å². The van der Waals surface area contributed by atoms with Gasteiger partial charge in [0, 0.05) is 34.9 Å². The maximum Gasteiger partial charge on any atom is 0.311 e. The molecule has 2 aromatic rings. The van der Waals surface area contributed by atoms with Gasteiger partial charge in [0.25, 0.3) is 0 Å². The molecule has 0 saturated heterocycles. The molecule has 7 nitrogen and oxygen atoms in total. The van der Waals surface area contributed by atoms with Gasteiger partial charge in [-0.15, -0.1) is 11.3 Å². The second-order valence-corrected chi connectivity index (χ2v) is 16.3. The van der Waals surface area contributed by atoms with Crippen LogP contribution in [0.5, 0.6) is 5.75 Å². The number of carbonyl (C=O) groups excluding carboxylic acids is 2. The monoisotopic (exact) mass is 621 g/mol. The maximum atomic E-state index is 13.0. The minimum absolute atomic E-state index is 0.0268. The normalized spacial score (nSPS) is 27.1. The summed E-state index contributed by atoms with van der Waals surface area (Å²) in [6, 6.07) is 4.55. The fourth-order valence-corrected chi connectivity index (χ4v) is 9.04. The largest absolute Gasteiger partial charge is 0.426 e. The molecule has 1 heterocycles. The van der Waals surface area contributed by atoms with Crippen molar-refractivity contribution in [2.45, 2.75) is 118 Å². The number of ether oxygens (including phenoxy) is 1. The van der Waals surface area contributed by atoms with E-state index in [9.17, 15) is 9.59 Å². The van der Waals surface area contributed by atoms with Gasteiger partial charge in [0.15, 0.2) is 5.13 Å². The molecule has 8 heteroatoms. The van der Waals surface area contributed by atoms with Crippen LogP contribution in [-0.4, -0.2) is 29.7 Å². The van der Waals surface area contributed by atoms with Crippen LogP contribution in [0.25, 0.3) is 0 Å². The highest BCUT2D eigenvalue weighted by atomic mass is 32.1. The molecule has 5 rings (SSSR count). The number of esters is 1. The number of amides is 1. The van der Waals surface area contributed by atoms with Gasteiger partial charge in [0.1, 0.15) is 12.9 Å². The van der Waals surface area contributed by atoms with Crippen molar-refractivity contribution in [3.05, 3.63) is 39.9 Å². The molecular formula is C36H51N3O4S. The second kappa shape index (κ2) is 12.9. The first-order valence-electron chi connectivity index (χ1n) is 16.5. The van der Waals surface area contributed by atoms with Gasteiger partial charge in [0.2, 0.25) is 5.91 Å². The van der Waals surface area contributed by atoms with Crippen LogP contribution in [0.1, 0.15) is 120 Å². The van der Waals surface area contributed by atoms with Crippen molar-refractivity contribution in [3.8, 4) is 5.75 Å². The molecule has 1 aromatic heterocycles. The number of carbonyl (C=O) groups is 2. The minimum Gasteiger partial charge on any atom is -0.426 e. The SMILES string of the molecule is CO/N=C1\C[C@@H](CCC(=O)Nc2ncc(C)s2)C2C3CCc4cc(OC(=O)CCC(C)C)c(C(C)(C)C)cc4C3CC[C@]12C. The van der Waals surface area contributed by atoms with Gasteiger partial charge in [-0.25, -0.2) is 4.98 Å². The summed E-state index contributed by atoms with van der Waals surface area (Å²) in [7, 11) is 1.64. The Labute approximate surface area is 267 Å². The third kappa shape index (κ3) is 6.75. The topological polar surface area (TPSA) is 89.9 Å². The number of anilines is 1. The summed E-state index contributed by atoms with van der Waals surface area (Å²) < 4.78 is 6.06. The molecule has 1 aromatic carbocycles. The number of hydrogen-bond acceptors (Lipinski definition) is 7. The molecule has 3 unspecified atom stereocenters. The number of rotatable bonds is 9. The van der Waals surface area contributed by atoms with Crippen LogP contribution in [0.2, 0.25) is 0 Å².